The topological polar surface area (TPSA) is 22.3 Å². The molecule has 0 saturated heterocycles. The van der Waals surface area contributed by atoms with Gasteiger partial charge in [0.2, 0.25) is 0 Å². The molecule has 2 heteroatoms. The molecule has 0 N–H and O–H groups in total. The maximum Gasteiger partial charge on any atom is 0.0686 e. The molecule has 0 atom stereocenters. The van der Waals surface area contributed by atoms with E-state index in [0.29, 0.717) is 10.6 Å². The minimum absolute atomic E-state index is 0.255. The number of hydrogen-bond acceptors (Lipinski definition) is 0. The first-order chi connectivity index (χ1) is 4.72. The second-order valence-electron chi connectivity index (χ2n) is 2.07. The van der Waals surface area contributed by atoms with E-state index in [9.17, 15) is 0 Å². The van der Waals surface area contributed by atoms with Crippen molar-refractivity contribution in [2.24, 2.45) is 0 Å². The van der Waals surface area contributed by atoms with Crippen molar-refractivity contribution in [2.75, 3.05) is 0 Å². The molecule has 10 heavy (non-hydrogen) atoms. The monoisotopic (exact) mass is 152 g/mol. The van der Waals surface area contributed by atoms with E-state index >= 15 is 0 Å². The molecule has 0 aliphatic heterocycles. The molecular formula is C8H7ClN. The molecule has 0 aliphatic rings. The molecule has 0 heterocycles. The molecule has 1 nitrogen and oxygen atoms in total. The lowest BCUT2D eigenvalue weighted by Gasteiger charge is -1.97. The fourth-order valence-electron chi connectivity index (χ4n) is 0.755. The van der Waals surface area contributed by atoms with Crippen LogP contribution in [0.25, 0.3) is 0 Å². The molecule has 1 aromatic carbocycles. The van der Waals surface area contributed by atoms with Crippen LogP contribution in [0.5, 0.6) is 0 Å². The molecule has 51 valence electrons. The zero-order valence-corrected chi connectivity index (χ0v) is 6.39. The molecule has 0 fully saturated rings. The smallest absolute Gasteiger partial charge is 0.0686 e. The van der Waals surface area contributed by atoms with Gasteiger partial charge in [-0.15, -0.1) is 0 Å². The van der Waals surface area contributed by atoms with Crippen LogP contribution in [0.1, 0.15) is 12.5 Å². The van der Waals surface area contributed by atoms with E-state index in [0.717, 1.165) is 0 Å². The summed E-state index contributed by atoms with van der Waals surface area (Å²) in [6, 6.07) is 7.18. The Morgan fingerprint density at radius 2 is 2.00 bits per heavy atom. The zero-order chi connectivity index (χ0) is 7.56. The number of benzene rings is 1. The summed E-state index contributed by atoms with van der Waals surface area (Å²) in [7, 11) is 0. The van der Waals surface area contributed by atoms with E-state index in [1.165, 1.54) is 0 Å². The van der Waals surface area contributed by atoms with Crippen molar-refractivity contribution in [1.82, 2.24) is 5.41 Å². The van der Waals surface area contributed by atoms with Crippen molar-refractivity contribution in [2.45, 2.75) is 6.92 Å². The van der Waals surface area contributed by atoms with Crippen LogP contribution in [0.4, 0.5) is 0 Å². The van der Waals surface area contributed by atoms with E-state index in [-0.39, 0.29) is 5.71 Å². The van der Waals surface area contributed by atoms with Crippen LogP contribution in [0.2, 0.25) is 5.02 Å². The molecule has 0 bridgehead atoms. The Morgan fingerprint density at radius 1 is 1.40 bits per heavy atom. The van der Waals surface area contributed by atoms with Crippen molar-refractivity contribution >= 4 is 17.3 Å². The van der Waals surface area contributed by atoms with E-state index in [1.807, 2.05) is 12.1 Å². The number of rotatable bonds is 1. The van der Waals surface area contributed by atoms with Gasteiger partial charge in [-0.1, -0.05) is 29.8 Å². The first-order valence-electron chi connectivity index (χ1n) is 2.99. The third-order valence-electron chi connectivity index (χ3n) is 1.26. The molecular weight excluding hydrogens is 146 g/mol. The number of nitrogens with zero attached hydrogens (tertiary/aromatic N) is 1. The van der Waals surface area contributed by atoms with Crippen LogP contribution in [0.3, 0.4) is 0 Å². The van der Waals surface area contributed by atoms with Gasteiger partial charge in [0.1, 0.15) is 0 Å². The highest BCUT2D eigenvalue weighted by Gasteiger charge is 1.99. The molecule has 0 unspecified atom stereocenters. The highest BCUT2D eigenvalue weighted by Crippen LogP contribution is 2.14. The van der Waals surface area contributed by atoms with Gasteiger partial charge in [-0.25, -0.2) is 0 Å². The van der Waals surface area contributed by atoms with Crippen LogP contribution in [0.15, 0.2) is 24.3 Å². The molecule has 0 amide bonds. The van der Waals surface area contributed by atoms with Crippen LogP contribution in [-0.2, 0) is 0 Å². The Bertz CT molecular complexity index is 255. The highest BCUT2D eigenvalue weighted by atomic mass is 35.5. The van der Waals surface area contributed by atoms with Crippen molar-refractivity contribution in [3.05, 3.63) is 34.9 Å². The van der Waals surface area contributed by atoms with Crippen LogP contribution >= 0.6 is 11.6 Å². The highest BCUT2D eigenvalue weighted by molar-refractivity contribution is 6.34. The summed E-state index contributed by atoms with van der Waals surface area (Å²) < 4.78 is 0. The van der Waals surface area contributed by atoms with Crippen LogP contribution in [0, 0.1) is 0 Å². The Labute approximate surface area is 65.1 Å². The first kappa shape index (κ1) is 7.29. The SMILES string of the molecule is CC(=[N])c1ccccc1Cl. The summed E-state index contributed by atoms with van der Waals surface area (Å²) in [4.78, 5) is 0. The third kappa shape index (κ3) is 1.36. The van der Waals surface area contributed by atoms with Gasteiger partial charge >= 0.3 is 0 Å². The molecule has 0 saturated carbocycles. The van der Waals surface area contributed by atoms with E-state index in [1.54, 1.807) is 19.1 Å². The van der Waals surface area contributed by atoms with Crippen molar-refractivity contribution < 1.29 is 0 Å². The average molecular weight is 153 g/mol. The van der Waals surface area contributed by atoms with Gasteiger partial charge in [0.05, 0.1) is 5.71 Å². The fraction of sp³-hybridized carbons (Fsp3) is 0.125. The summed E-state index contributed by atoms with van der Waals surface area (Å²) in [6.07, 6.45) is 0. The van der Waals surface area contributed by atoms with Gasteiger partial charge in [-0.05, 0) is 13.0 Å². The summed E-state index contributed by atoms with van der Waals surface area (Å²) in [5.41, 5.74) is 0.953. The maximum absolute atomic E-state index is 9.04. The average Bonchev–Trinajstić information content (AvgIpc) is 1.88. The molecule has 1 rings (SSSR count). The lowest BCUT2D eigenvalue weighted by atomic mass is 10.1. The van der Waals surface area contributed by atoms with Gasteiger partial charge < -0.3 is 0 Å². The lowest BCUT2D eigenvalue weighted by molar-refractivity contribution is 1.59. The quantitative estimate of drug-likeness (QED) is 0.549. The summed E-state index contributed by atoms with van der Waals surface area (Å²) >= 11 is 5.74. The zero-order valence-electron chi connectivity index (χ0n) is 5.63. The molecule has 0 spiro atoms. The molecule has 0 aromatic heterocycles. The van der Waals surface area contributed by atoms with E-state index in [4.69, 9.17) is 17.0 Å². The third-order valence-corrected chi connectivity index (χ3v) is 1.59. The van der Waals surface area contributed by atoms with Crippen LogP contribution in [-0.4, -0.2) is 5.71 Å². The van der Waals surface area contributed by atoms with Gasteiger partial charge in [0.15, 0.2) is 0 Å². The van der Waals surface area contributed by atoms with Crippen molar-refractivity contribution in [1.29, 1.82) is 0 Å². The second kappa shape index (κ2) is 2.84. The minimum atomic E-state index is 0.255. The summed E-state index contributed by atoms with van der Waals surface area (Å²) in [5, 5.41) is 9.62. The van der Waals surface area contributed by atoms with Gasteiger partial charge in [-0.2, -0.15) is 5.41 Å². The minimum Gasteiger partial charge on any atom is -0.155 e. The second-order valence-corrected chi connectivity index (χ2v) is 2.47. The predicted octanol–water partition coefficient (Wildman–Crippen LogP) is 1.95. The van der Waals surface area contributed by atoms with Gasteiger partial charge in [0.25, 0.3) is 0 Å². The lowest BCUT2D eigenvalue weighted by Crippen LogP contribution is -1.94. The number of halogens is 1. The number of hydrogen-bond donors (Lipinski definition) is 0. The Morgan fingerprint density at radius 3 is 2.40 bits per heavy atom. The van der Waals surface area contributed by atoms with Gasteiger partial charge in [-0.3, -0.25) is 0 Å². The van der Waals surface area contributed by atoms with Crippen LogP contribution < -0.4 is 5.41 Å². The molecule has 1 radical (unpaired) electrons. The maximum atomic E-state index is 9.04. The van der Waals surface area contributed by atoms with E-state index < -0.39 is 0 Å². The van der Waals surface area contributed by atoms with E-state index in [2.05, 4.69) is 0 Å². The van der Waals surface area contributed by atoms with Crippen molar-refractivity contribution in [3.8, 4) is 0 Å². The largest absolute Gasteiger partial charge is 0.155 e. The standard InChI is InChI=1S/C8H7ClN/c1-6(10)7-4-2-3-5-8(7)9/h2-5H,1H3. The fourth-order valence-corrected chi connectivity index (χ4v) is 1.03. The molecule has 1 aromatic rings. The summed E-state index contributed by atoms with van der Waals surface area (Å²) in [5.74, 6) is 0. The Balaban J connectivity index is 3.15. The normalized spacial score (nSPS) is 9.40. The predicted molar refractivity (Wildman–Crippen MR) is 43.4 cm³/mol. The Kier molecular flexibility index (Phi) is 2.07. The van der Waals surface area contributed by atoms with Gasteiger partial charge in [0, 0.05) is 10.6 Å². The summed E-state index contributed by atoms with van der Waals surface area (Å²) in [6.45, 7) is 1.61. The van der Waals surface area contributed by atoms with Crippen molar-refractivity contribution in [3.63, 3.8) is 0 Å². The Hall–Kier alpha value is -0.820. The first-order valence-corrected chi connectivity index (χ1v) is 3.37. The molecule has 0 aliphatic carbocycles.